The molecule has 0 saturated carbocycles. The largest absolute Gasteiger partial charge is 0.463 e. The number of aromatic nitrogens is 1. The van der Waals surface area contributed by atoms with E-state index in [1.165, 1.54) is 16.7 Å². The zero-order valence-electron chi connectivity index (χ0n) is 17.6. The third-order valence-electron chi connectivity index (χ3n) is 5.02. The molecule has 0 fully saturated rings. The Kier molecular flexibility index (Phi) is 6.28. The van der Waals surface area contributed by atoms with Crippen molar-refractivity contribution in [2.45, 2.75) is 19.9 Å². The van der Waals surface area contributed by atoms with Crippen molar-refractivity contribution in [3.8, 4) is 0 Å². The molecular weight excluding hydrogens is 427 g/mol. The number of allylic oxidation sites excluding steroid dienone is 2. The molecule has 3 aromatic rings. The first-order valence-electron chi connectivity index (χ1n) is 10.2. The van der Waals surface area contributed by atoms with Gasteiger partial charge in [-0.1, -0.05) is 72.0 Å². The van der Waals surface area contributed by atoms with Crippen LogP contribution >= 0.6 is 11.3 Å². The Hall–Kier alpha value is -3.58. The van der Waals surface area contributed by atoms with E-state index < -0.39 is 17.8 Å². The summed E-state index contributed by atoms with van der Waals surface area (Å²) in [6.07, 6.45) is 5.17. The maximum absolute atomic E-state index is 14.2. The van der Waals surface area contributed by atoms with Gasteiger partial charge < -0.3 is 4.74 Å². The Morgan fingerprint density at radius 1 is 1.19 bits per heavy atom. The molecule has 0 unspecified atom stereocenters. The Morgan fingerprint density at radius 2 is 1.91 bits per heavy atom. The fraction of sp³-hybridized carbons (Fsp3) is 0.160. The van der Waals surface area contributed by atoms with E-state index in [9.17, 15) is 14.0 Å². The number of esters is 1. The average Bonchev–Trinajstić information content (AvgIpc) is 3.09. The van der Waals surface area contributed by atoms with Gasteiger partial charge in [-0.25, -0.2) is 14.2 Å². The molecule has 0 saturated heterocycles. The number of rotatable bonds is 5. The van der Waals surface area contributed by atoms with Gasteiger partial charge in [-0.15, -0.1) is 0 Å². The van der Waals surface area contributed by atoms with Crippen molar-refractivity contribution < 1.29 is 13.9 Å². The summed E-state index contributed by atoms with van der Waals surface area (Å²) in [6.45, 7) is 3.66. The Labute approximate surface area is 188 Å². The van der Waals surface area contributed by atoms with Crippen LogP contribution in [0.2, 0.25) is 0 Å². The number of carbonyl (C=O) groups is 1. The number of benzene rings is 2. The van der Waals surface area contributed by atoms with Crippen molar-refractivity contribution in [2.24, 2.45) is 4.99 Å². The molecule has 1 aliphatic heterocycles. The van der Waals surface area contributed by atoms with Crippen molar-refractivity contribution >= 4 is 29.5 Å². The summed E-state index contributed by atoms with van der Waals surface area (Å²) < 4.78 is 21.2. The van der Waals surface area contributed by atoms with Gasteiger partial charge in [0, 0.05) is 5.56 Å². The first-order chi connectivity index (χ1) is 15.5. The van der Waals surface area contributed by atoms with E-state index in [1.807, 2.05) is 36.4 Å². The summed E-state index contributed by atoms with van der Waals surface area (Å²) in [5, 5.41) is 0. The van der Waals surface area contributed by atoms with Crippen molar-refractivity contribution in [1.82, 2.24) is 4.57 Å². The highest BCUT2D eigenvalue weighted by molar-refractivity contribution is 7.07. The maximum atomic E-state index is 14.2. The molecule has 2 aromatic carbocycles. The summed E-state index contributed by atoms with van der Waals surface area (Å²) in [7, 11) is 0. The van der Waals surface area contributed by atoms with E-state index in [0.29, 0.717) is 26.2 Å². The number of hydrogen-bond acceptors (Lipinski definition) is 5. The predicted octanol–water partition coefficient (Wildman–Crippen LogP) is 3.60. The summed E-state index contributed by atoms with van der Waals surface area (Å²) >= 11 is 1.16. The van der Waals surface area contributed by atoms with Crippen LogP contribution in [0.5, 0.6) is 0 Å². The minimum Gasteiger partial charge on any atom is -0.463 e. The molecule has 4 rings (SSSR count). The van der Waals surface area contributed by atoms with E-state index in [2.05, 4.69) is 4.99 Å². The van der Waals surface area contributed by atoms with Gasteiger partial charge in [0.15, 0.2) is 4.80 Å². The fourth-order valence-electron chi connectivity index (χ4n) is 3.52. The molecule has 0 N–H and O–H groups in total. The van der Waals surface area contributed by atoms with Gasteiger partial charge in [0.25, 0.3) is 5.56 Å². The molecule has 1 aromatic heterocycles. The normalized spacial score (nSPS) is 16.2. The van der Waals surface area contributed by atoms with Crippen LogP contribution in [0.15, 0.2) is 81.7 Å². The number of hydrogen-bond donors (Lipinski definition) is 0. The lowest BCUT2D eigenvalue weighted by atomic mass is 10.0. The molecular formula is C25H21FN2O3S. The molecule has 2 heterocycles. The van der Waals surface area contributed by atoms with E-state index in [0.717, 1.165) is 16.9 Å². The van der Waals surface area contributed by atoms with Crippen LogP contribution in [-0.4, -0.2) is 17.1 Å². The van der Waals surface area contributed by atoms with Crippen LogP contribution in [0.4, 0.5) is 4.39 Å². The highest BCUT2D eigenvalue weighted by Gasteiger charge is 2.30. The third kappa shape index (κ3) is 4.24. The predicted molar refractivity (Wildman–Crippen MR) is 123 cm³/mol. The van der Waals surface area contributed by atoms with Gasteiger partial charge in [-0.05, 0) is 31.6 Å². The number of fused-ring (bicyclic) bond motifs is 1. The van der Waals surface area contributed by atoms with Crippen LogP contribution < -0.4 is 14.9 Å². The lowest BCUT2D eigenvalue weighted by Crippen LogP contribution is -2.38. The maximum Gasteiger partial charge on any atom is 0.338 e. The monoisotopic (exact) mass is 448 g/mol. The number of thiazole rings is 1. The number of halogens is 1. The second-order valence-corrected chi connectivity index (χ2v) is 8.14. The van der Waals surface area contributed by atoms with Gasteiger partial charge in [-0.2, -0.15) is 0 Å². The summed E-state index contributed by atoms with van der Waals surface area (Å²) in [5.74, 6) is -0.929. The highest BCUT2D eigenvalue weighted by atomic mass is 32.1. The fourth-order valence-corrected chi connectivity index (χ4v) is 4.56. The van der Waals surface area contributed by atoms with Crippen molar-refractivity contribution in [2.75, 3.05) is 6.61 Å². The minimum atomic E-state index is -0.687. The van der Waals surface area contributed by atoms with E-state index >= 15 is 0 Å². The summed E-state index contributed by atoms with van der Waals surface area (Å²) in [4.78, 5) is 31.0. The van der Waals surface area contributed by atoms with Crippen molar-refractivity contribution in [1.29, 1.82) is 0 Å². The van der Waals surface area contributed by atoms with E-state index in [-0.39, 0.29) is 12.2 Å². The molecule has 5 nitrogen and oxygen atoms in total. The van der Waals surface area contributed by atoms with Gasteiger partial charge in [0.2, 0.25) is 0 Å². The topological polar surface area (TPSA) is 60.7 Å². The molecule has 32 heavy (non-hydrogen) atoms. The number of carbonyl (C=O) groups excluding carboxylic acids is 1. The Morgan fingerprint density at radius 3 is 2.62 bits per heavy atom. The summed E-state index contributed by atoms with van der Waals surface area (Å²) in [6, 6.07) is 15.2. The van der Waals surface area contributed by atoms with Crippen molar-refractivity contribution in [3.05, 3.63) is 109 Å². The van der Waals surface area contributed by atoms with E-state index in [1.54, 1.807) is 38.1 Å². The number of ether oxygens (including phenoxy) is 1. The standard InChI is InChI=1S/C25H21FN2O3S/c1-3-31-24(30)22-16(2)27-25-28(20(22)14-13-17-9-5-4-6-10-17)23(29)21(32-25)15-18-11-7-8-12-19(18)26/h4-15,20H,3H2,1-2H3/b14-13+,21-15-/t20-/m0/s1. The molecule has 0 amide bonds. The molecule has 1 aliphatic rings. The first kappa shape index (κ1) is 21.6. The Balaban J connectivity index is 1.89. The van der Waals surface area contributed by atoms with Crippen LogP contribution in [0, 0.1) is 5.82 Å². The molecule has 0 radical (unpaired) electrons. The molecule has 0 spiro atoms. The van der Waals surface area contributed by atoms with E-state index in [4.69, 9.17) is 4.74 Å². The lowest BCUT2D eigenvalue weighted by molar-refractivity contribution is -0.139. The van der Waals surface area contributed by atoms with Crippen LogP contribution in [0.25, 0.3) is 12.2 Å². The average molecular weight is 449 g/mol. The zero-order valence-corrected chi connectivity index (χ0v) is 18.4. The molecule has 1 atom stereocenters. The summed E-state index contributed by atoms with van der Waals surface area (Å²) in [5.41, 5.74) is 1.71. The second kappa shape index (κ2) is 9.28. The Bertz CT molecular complexity index is 1400. The first-order valence-corrected chi connectivity index (χ1v) is 11.0. The van der Waals surface area contributed by atoms with Gasteiger partial charge in [-0.3, -0.25) is 9.36 Å². The van der Waals surface area contributed by atoms with Crippen LogP contribution in [0.1, 0.15) is 31.0 Å². The van der Waals surface area contributed by atoms with Crippen LogP contribution in [0.3, 0.4) is 0 Å². The number of nitrogens with zero attached hydrogens (tertiary/aromatic N) is 2. The SMILES string of the molecule is CCOC(=O)C1=C(C)N=c2s/c(=C\c3ccccc3F)c(=O)n2[C@H]1/C=C/c1ccccc1. The molecule has 0 aliphatic carbocycles. The smallest absolute Gasteiger partial charge is 0.338 e. The minimum absolute atomic E-state index is 0.211. The van der Waals surface area contributed by atoms with Crippen LogP contribution in [-0.2, 0) is 9.53 Å². The van der Waals surface area contributed by atoms with Crippen molar-refractivity contribution in [3.63, 3.8) is 0 Å². The third-order valence-corrected chi connectivity index (χ3v) is 6.00. The molecule has 7 heteroatoms. The molecule has 0 bridgehead atoms. The second-order valence-electron chi connectivity index (χ2n) is 7.14. The molecule has 162 valence electrons. The van der Waals surface area contributed by atoms with Gasteiger partial charge in [0.05, 0.1) is 28.5 Å². The van der Waals surface area contributed by atoms with Gasteiger partial charge in [0.1, 0.15) is 5.82 Å². The zero-order chi connectivity index (χ0) is 22.7. The lowest BCUT2D eigenvalue weighted by Gasteiger charge is -2.21. The van der Waals surface area contributed by atoms with Gasteiger partial charge >= 0.3 is 5.97 Å². The highest BCUT2D eigenvalue weighted by Crippen LogP contribution is 2.26. The quantitative estimate of drug-likeness (QED) is 0.561.